The predicted octanol–water partition coefficient (Wildman–Crippen LogP) is 1.82. The molecule has 1 atom stereocenters. The molecule has 1 unspecified atom stereocenters. The molecule has 0 saturated heterocycles. The molecular weight excluding hydrogens is 174 g/mol. The van der Waals surface area contributed by atoms with Gasteiger partial charge >= 0.3 is 0 Å². The fraction of sp³-hybridized carbons (Fsp3) is 0.667. The second-order valence-corrected chi connectivity index (χ2v) is 3.92. The highest BCUT2D eigenvalue weighted by atomic mass is 16.3. The van der Waals surface area contributed by atoms with Gasteiger partial charge in [-0.05, 0) is 25.2 Å². The summed E-state index contributed by atoms with van der Waals surface area (Å²) in [6, 6.07) is 0. The van der Waals surface area contributed by atoms with Gasteiger partial charge in [0.2, 0.25) is 0 Å². The largest absolute Gasteiger partial charge is 0.395 e. The molecule has 0 heterocycles. The summed E-state index contributed by atoms with van der Waals surface area (Å²) in [6.07, 6.45) is 10.1. The lowest BCUT2D eigenvalue weighted by Crippen LogP contribution is -2.32. The Morgan fingerprint density at radius 3 is 2.93 bits per heavy atom. The van der Waals surface area contributed by atoms with Gasteiger partial charge < -0.3 is 5.11 Å². The van der Waals surface area contributed by atoms with E-state index in [0.29, 0.717) is 0 Å². The van der Waals surface area contributed by atoms with Crippen LogP contribution in [0, 0.1) is 5.92 Å². The highest BCUT2D eigenvalue weighted by molar-refractivity contribution is 4.91. The predicted molar refractivity (Wildman–Crippen MR) is 60.2 cm³/mol. The van der Waals surface area contributed by atoms with Gasteiger partial charge in [0.1, 0.15) is 0 Å². The van der Waals surface area contributed by atoms with Gasteiger partial charge in [0, 0.05) is 19.6 Å². The summed E-state index contributed by atoms with van der Waals surface area (Å²) < 4.78 is 0. The summed E-state index contributed by atoms with van der Waals surface area (Å²) in [4.78, 5) is 2.27. The first-order valence-corrected chi connectivity index (χ1v) is 5.46. The highest BCUT2D eigenvalue weighted by Crippen LogP contribution is 2.18. The van der Waals surface area contributed by atoms with Crippen molar-refractivity contribution in [2.75, 3.05) is 26.2 Å². The second-order valence-electron chi connectivity index (χ2n) is 3.92. The van der Waals surface area contributed by atoms with Crippen LogP contribution < -0.4 is 0 Å². The topological polar surface area (TPSA) is 23.5 Å². The molecule has 0 aromatic rings. The molecule has 0 spiro atoms. The molecule has 0 amide bonds. The lowest BCUT2D eigenvalue weighted by molar-refractivity contribution is 0.184. The van der Waals surface area contributed by atoms with Gasteiger partial charge in [0.25, 0.3) is 0 Å². The Bertz CT molecular complexity index is 189. The first kappa shape index (κ1) is 11.5. The van der Waals surface area contributed by atoms with Crippen LogP contribution in [0.25, 0.3) is 0 Å². The van der Waals surface area contributed by atoms with Crippen LogP contribution in [-0.2, 0) is 0 Å². The van der Waals surface area contributed by atoms with Gasteiger partial charge in [-0.2, -0.15) is 0 Å². The van der Waals surface area contributed by atoms with Crippen LogP contribution in [0.4, 0.5) is 0 Å². The molecule has 0 saturated carbocycles. The summed E-state index contributed by atoms with van der Waals surface area (Å²) in [5, 5.41) is 8.90. The molecular formula is C12H21NO. The zero-order valence-electron chi connectivity index (χ0n) is 8.86. The van der Waals surface area contributed by atoms with E-state index in [-0.39, 0.29) is 6.61 Å². The summed E-state index contributed by atoms with van der Waals surface area (Å²) in [5.41, 5.74) is 0. The maximum atomic E-state index is 8.90. The smallest absolute Gasteiger partial charge is 0.0558 e. The number of aliphatic hydroxyl groups excluding tert-OH is 1. The van der Waals surface area contributed by atoms with E-state index in [1.807, 2.05) is 6.08 Å². The maximum Gasteiger partial charge on any atom is 0.0558 e. The molecule has 1 aliphatic carbocycles. The molecule has 0 fully saturated rings. The number of hydrogen-bond donors (Lipinski definition) is 1. The molecule has 0 bridgehead atoms. The normalized spacial score (nSPS) is 21.4. The number of rotatable bonds is 6. The van der Waals surface area contributed by atoms with Crippen molar-refractivity contribution in [3.8, 4) is 0 Å². The number of aliphatic hydroxyl groups is 1. The Balaban J connectivity index is 2.29. The lowest BCUT2D eigenvalue weighted by atomic mass is 9.94. The molecule has 0 aromatic carbocycles. The van der Waals surface area contributed by atoms with Crippen molar-refractivity contribution >= 4 is 0 Å². The third-order valence-corrected chi connectivity index (χ3v) is 2.70. The van der Waals surface area contributed by atoms with Crippen molar-refractivity contribution in [1.82, 2.24) is 4.90 Å². The van der Waals surface area contributed by atoms with Crippen molar-refractivity contribution in [3.05, 3.63) is 24.8 Å². The SMILES string of the molecule is C=CCN(CCO)CC1CC=CCC1. The molecule has 1 aliphatic rings. The average molecular weight is 195 g/mol. The minimum atomic E-state index is 0.246. The Hall–Kier alpha value is -0.600. The number of allylic oxidation sites excluding steroid dienone is 2. The fourth-order valence-electron chi connectivity index (χ4n) is 1.97. The Morgan fingerprint density at radius 1 is 1.50 bits per heavy atom. The van der Waals surface area contributed by atoms with Gasteiger partial charge in [0.05, 0.1) is 6.61 Å². The van der Waals surface area contributed by atoms with Gasteiger partial charge in [-0.15, -0.1) is 6.58 Å². The van der Waals surface area contributed by atoms with Crippen LogP contribution in [0.15, 0.2) is 24.8 Å². The van der Waals surface area contributed by atoms with E-state index in [1.54, 1.807) is 0 Å². The lowest BCUT2D eigenvalue weighted by Gasteiger charge is -2.26. The van der Waals surface area contributed by atoms with Crippen LogP contribution in [0.2, 0.25) is 0 Å². The summed E-state index contributed by atoms with van der Waals surface area (Å²) >= 11 is 0. The third-order valence-electron chi connectivity index (χ3n) is 2.70. The highest BCUT2D eigenvalue weighted by Gasteiger charge is 2.13. The van der Waals surface area contributed by atoms with Crippen molar-refractivity contribution < 1.29 is 5.11 Å². The molecule has 14 heavy (non-hydrogen) atoms. The van der Waals surface area contributed by atoms with Crippen molar-refractivity contribution in [2.45, 2.75) is 19.3 Å². The second kappa shape index (κ2) is 6.80. The van der Waals surface area contributed by atoms with Crippen LogP contribution in [0.3, 0.4) is 0 Å². The quantitative estimate of drug-likeness (QED) is 0.654. The fourth-order valence-corrected chi connectivity index (χ4v) is 1.97. The van der Waals surface area contributed by atoms with Gasteiger partial charge in [-0.25, -0.2) is 0 Å². The summed E-state index contributed by atoms with van der Waals surface area (Å²) in [5.74, 6) is 0.770. The zero-order chi connectivity index (χ0) is 10.2. The molecule has 2 nitrogen and oxygen atoms in total. The van der Waals surface area contributed by atoms with E-state index < -0.39 is 0 Å². The summed E-state index contributed by atoms with van der Waals surface area (Å²) in [7, 11) is 0. The molecule has 0 aliphatic heterocycles. The van der Waals surface area contributed by atoms with E-state index in [4.69, 9.17) is 5.11 Å². The Kier molecular flexibility index (Phi) is 5.57. The van der Waals surface area contributed by atoms with Gasteiger partial charge in [0.15, 0.2) is 0 Å². The van der Waals surface area contributed by atoms with Crippen LogP contribution in [0.5, 0.6) is 0 Å². The van der Waals surface area contributed by atoms with Crippen LogP contribution >= 0.6 is 0 Å². The molecule has 0 aromatic heterocycles. The first-order valence-electron chi connectivity index (χ1n) is 5.46. The van der Waals surface area contributed by atoms with E-state index in [1.165, 1.54) is 19.3 Å². The van der Waals surface area contributed by atoms with E-state index in [9.17, 15) is 0 Å². The van der Waals surface area contributed by atoms with Crippen molar-refractivity contribution in [1.29, 1.82) is 0 Å². The summed E-state index contributed by atoms with van der Waals surface area (Å²) in [6.45, 7) is 6.74. The molecule has 1 N–H and O–H groups in total. The molecule has 2 heteroatoms. The van der Waals surface area contributed by atoms with Crippen molar-refractivity contribution in [2.24, 2.45) is 5.92 Å². The van der Waals surface area contributed by atoms with Crippen molar-refractivity contribution in [3.63, 3.8) is 0 Å². The zero-order valence-corrected chi connectivity index (χ0v) is 8.86. The number of hydrogen-bond acceptors (Lipinski definition) is 2. The first-order chi connectivity index (χ1) is 6.86. The Morgan fingerprint density at radius 2 is 2.36 bits per heavy atom. The van der Waals surface area contributed by atoms with E-state index >= 15 is 0 Å². The molecule has 0 radical (unpaired) electrons. The minimum Gasteiger partial charge on any atom is -0.395 e. The third kappa shape index (κ3) is 4.07. The Labute approximate surface area is 86.9 Å². The minimum absolute atomic E-state index is 0.246. The number of nitrogens with zero attached hydrogens (tertiary/aromatic N) is 1. The van der Waals surface area contributed by atoms with Crippen LogP contribution in [0.1, 0.15) is 19.3 Å². The average Bonchev–Trinajstić information content (AvgIpc) is 2.20. The monoisotopic (exact) mass is 195 g/mol. The van der Waals surface area contributed by atoms with Crippen LogP contribution in [-0.4, -0.2) is 36.2 Å². The van der Waals surface area contributed by atoms with E-state index in [2.05, 4.69) is 23.6 Å². The maximum absolute atomic E-state index is 8.90. The molecule has 80 valence electrons. The van der Waals surface area contributed by atoms with Gasteiger partial charge in [-0.1, -0.05) is 18.2 Å². The van der Waals surface area contributed by atoms with Gasteiger partial charge in [-0.3, -0.25) is 4.90 Å². The van der Waals surface area contributed by atoms with E-state index in [0.717, 1.165) is 25.6 Å². The molecule has 1 rings (SSSR count). The standard InChI is InChI=1S/C12H21NO/c1-2-8-13(9-10-14)11-12-6-4-3-5-7-12/h2-4,12,14H,1,5-11H2.